The second-order valence-electron chi connectivity index (χ2n) is 3.83. The van der Waals surface area contributed by atoms with E-state index in [0.29, 0.717) is 0 Å². The Morgan fingerprint density at radius 1 is 1.09 bits per heavy atom. The van der Waals surface area contributed by atoms with Gasteiger partial charge in [-0.15, -0.1) is 0 Å². The third-order valence-electron chi connectivity index (χ3n) is 0.884. The average Bonchev–Trinajstić information content (AvgIpc) is 1.55. The van der Waals surface area contributed by atoms with Gasteiger partial charge in [0.2, 0.25) is 0 Å². The summed E-state index contributed by atoms with van der Waals surface area (Å²) < 4.78 is 21.1. The van der Waals surface area contributed by atoms with Crippen LogP contribution in [-0.4, -0.2) is 32.4 Å². The van der Waals surface area contributed by atoms with Crippen molar-refractivity contribution in [3.05, 3.63) is 0 Å². The molecule has 0 aliphatic rings. The molecule has 64 valence electrons. The van der Waals surface area contributed by atoms with Crippen molar-refractivity contribution < 1.29 is 11.4 Å². The molecule has 0 saturated heterocycles. The summed E-state index contributed by atoms with van der Waals surface area (Å²) >= 11 is -1.12. The molecule has 0 amide bonds. The Bertz CT molecular complexity index is 143. The molecule has 0 radical (unpaired) electrons. The fraction of sp³-hybridized carbons (Fsp3) is 1.00. The molecule has 0 saturated carbocycles. The van der Waals surface area contributed by atoms with Gasteiger partial charge in [0.1, 0.15) is 0 Å². The molecule has 0 heterocycles. The van der Waals surface area contributed by atoms with Crippen LogP contribution in [0, 0.1) is 0 Å². The van der Waals surface area contributed by atoms with Crippen LogP contribution in [0.3, 0.4) is 0 Å². The minimum atomic E-state index is -2.05. The predicted molar refractivity (Wildman–Crippen MR) is 49.4 cm³/mol. The van der Waals surface area contributed by atoms with Crippen LogP contribution in [0.5, 0.6) is 0 Å². The maximum atomic E-state index is 10.3. The van der Waals surface area contributed by atoms with Crippen molar-refractivity contribution in [2.75, 3.05) is 0 Å². The summed E-state index contributed by atoms with van der Waals surface area (Å²) in [7, 11) is -3.57. The summed E-state index contributed by atoms with van der Waals surface area (Å²) in [6, 6.07) is 0. The van der Waals surface area contributed by atoms with Gasteiger partial charge in [-0.3, -0.25) is 0 Å². The summed E-state index contributed by atoms with van der Waals surface area (Å²) in [5, 5.41) is 0. The van der Waals surface area contributed by atoms with Crippen LogP contribution >= 0.6 is 0 Å². The van der Waals surface area contributed by atoms with Crippen LogP contribution in [0.1, 0.15) is 0 Å². The van der Waals surface area contributed by atoms with Crippen molar-refractivity contribution in [3.63, 3.8) is 0 Å². The Labute approximate surface area is 76.7 Å². The van der Waals surface area contributed by atoms with E-state index in [1.165, 1.54) is 0 Å². The van der Waals surface area contributed by atoms with E-state index in [4.69, 9.17) is 7.59 Å². The summed E-state index contributed by atoms with van der Waals surface area (Å²) in [5.74, 6) is 0. The Balaban J connectivity index is 4.00. The topological polar surface area (TPSA) is 35.5 Å². The first-order valence-corrected chi connectivity index (χ1v) is 10.8. The summed E-state index contributed by atoms with van der Waals surface area (Å²) in [6.45, 7) is 10.2. The molecular formula is C5H15AlO3Si2. The molecule has 0 spiro atoms. The van der Waals surface area contributed by atoms with Crippen molar-refractivity contribution in [2.24, 2.45) is 0 Å². The quantitative estimate of drug-likeness (QED) is 0.654. The zero-order chi connectivity index (χ0) is 9.12. The molecule has 6 heteroatoms. The summed E-state index contributed by atoms with van der Waals surface area (Å²) in [4.78, 5) is 0. The molecule has 0 bridgehead atoms. The van der Waals surface area contributed by atoms with E-state index in [0.717, 1.165) is 0 Å². The zero-order valence-electron chi connectivity index (χ0n) is 7.80. The van der Waals surface area contributed by atoms with E-state index in [1.54, 1.807) is 0 Å². The van der Waals surface area contributed by atoms with Gasteiger partial charge in [-0.2, -0.15) is 0 Å². The number of hydrogen-bond donors (Lipinski definition) is 0. The van der Waals surface area contributed by atoms with Crippen LogP contribution in [0.25, 0.3) is 0 Å². The minimum absolute atomic E-state index is 1.12. The molecule has 0 aromatic carbocycles. The fourth-order valence-corrected chi connectivity index (χ4v) is 8.33. The van der Waals surface area contributed by atoms with E-state index >= 15 is 0 Å². The summed E-state index contributed by atoms with van der Waals surface area (Å²) in [6.07, 6.45) is 0. The van der Waals surface area contributed by atoms with Gasteiger partial charge >= 0.3 is 76.5 Å². The first-order chi connectivity index (χ1) is 4.77. The summed E-state index contributed by atoms with van der Waals surface area (Å²) in [5.41, 5.74) is 0. The van der Waals surface area contributed by atoms with Gasteiger partial charge < -0.3 is 0 Å². The zero-order valence-corrected chi connectivity index (χ0v) is 11.0. The van der Waals surface area contributed by atoms with Crippen molar-refractivity contribution in [3.8, 4) is 0 Å². The molecular weight excluding hydrogens is 191 g/mol. The standard InChI is InChI=1S/C5H15O2Si2.Al.O/c1-8(2,3)7-9(4,5)6;;/h1-5H3;;/q-1;+1;. The van der Waals surface area contributed by atoms with Crippen LogP contribution in [0.15, 0.2) is 0 Å². The van der Waals surface area contributed by atoms with Crippen LogP contribution < -0.4 is 0 Å². The van der Waals surface area contributed by atoms with Gasteiger partial charge in [0.15, 0.2) is 0 Å². The van der Waals surface area contributed by atoms with Gasteiger partial charge in [0, 0.05) is 0 Å². The van der Waals surface area contributed by atoms with Gasteiger partial charge in [-0.1, -0.05) is 0 Å². The van der Waals surface area contributed by atoms with E-state index < -0.39 is 32.4 Å². The third-order valence-corrected chi connectivity index (χ3v) is 7.96. The molecule has 0 unspecified atom stereocenters. The Morgan fingerprint density at radius 3 is 1.82 bits per heavy atom. The van der Waals surface area contributed by atoms with Gasteiger partial charge in [0.25, 0.3) is 0 Å². The monoisotopic (exact) mass is 206 g/mol. The first-order valence-electron chi connectivity index (χ1n) is 3.58. The molecule has 0 N–H and O–H groups in total. The van der Waals surface area contributed by atoms with Gasteiger partial charge in [-0.05, 0) is 0 Å². The molecule has 3 nitrogen and oxygen atoms in total. The number of rotatable bonds is 4. The van der Waals surface area contributed by atoms with Crippen molar-refractivity contribution >= 4 is 32.4 Å². The van der Waals surface area contributed by atoms with Gasteiger partial charge in [-0.25, -0.2) is 0 Å². The second kappa shape index (κ2) is 3.96. The van der Waals surface area contributed by atoms with E-state index in [9.17, 15) is 3.80 Å². The molecule has 0 rings (SSSR count). The molecule has 0 atom stereocenters. The fourth-order valence-electron chi connectivity index (χ4n) is 0.877. The molecule has 11 heavy (non-hydrogen) atoms. The Morgan fingerprint density at radius 2 is 1.55 bits per heavy atom. The van der Waals surface area contributed by atoms with E-state index in [1.807, 2.05) is 13.1 Å². The van der Waals surface area contributed by atoms with E-state index in [-0.39, 0.29) is 0 Å². The second-order valence-corrected chi connectivity index (χ2v) is 12.8. The van der Waals surface area contributed by atoms with Crippen molar-refractivity contribution in [1.29, 1.82) is 0 Å². The molecule has 0 aliphatic heterocycles. The van der Waals surface area contributed by atoms with Crippen LogP contribution in [0.2, 0.25) is 32.7 Å². The van der Waals surface area contributed by atoms with Crippen molar-refractivity contribution in [1.82, 2.24) is 0 Å². The van der Waals surface area contributed by atoms with E-state index in [2.05, 4.69) is 19.6 Å². The molecule has 0 aromatic rings. The third kappa shape index (κ3) is 6.91. The van der Waals surface area contributed by atoms with Crippen molar-refractivity contribution in [2.45, 2.75) is 32.7 Å². The SMILES string of the molecule is C[Si](C)(C)O[Si](C)(C)[O][Al]=[O]. The van der Waals surface area contributed by atoms with Crippen LogP contribution in [-0.2, 0) is 11.4 Å². The Hall–Kier alpha value is 0.526. The Kier molecular flexibility index (Phi) is 4.15. The molecule has 0 aromatic heterocycles. The average molecular weight is 206 g/mol. The molecule has 0 fully saturated rings. The number of hydrogen-bond acceptors (Lipinski definition) is 3. The molecule has 0 aliphatic carbocycles. The normalized spacial score (nSPS) is 12.5. The first kappa shape index (κ1) is 11.5. The predicted octanol–water partition coefficient (Wildman–Crippen LogP) is 1.52. The van der Waals surface area contributed by atoms with Gasteiger partial charge in [0.05, 0.1) is 0 Å². The van der Waals surface area contributed by atoms with Crippen LogP contribution in [0.4, 0.5) is 0 Å². The maximum absolute atomic E-state index is 10.3.